The first-order chi connectivity index (χ1) is 8.45. The van der Waals surface area contributed by atoms with Crippen LogP contribution in [-0.4, -0.2) is 23.5 Å². The molecule has 1 amide bonds. The first-order valence-electron chi connectivity index (χ1n) is 5.80. The molecule has 0 aliphatic carbocycles. The van der Waals surface area contributed by atoms with Crippen LogP contribution in [0.15, 0.2) is 24.3 Å². The number of anilines is 1. The highest BCUT2D eigenvalue weighted by atomic mass is 16.4. The molecule has 0 radical (unpaired) electrons. The molecular weight excluding hydrogens is 232 g/mol. The van der Waals surface area contributed by atoms with Crippen LogP contribution in [0, 0.1) is 11.8 Å². The predicted octanol–water partition coefficient (Wildman–Crippen LogP) is 1.55. The number of carboxylic acids is 1. The first kappa shape index (κ1) is 14.2. The van der Waals surface area contributed by atoms with Crippen LogP contribution in [0.25, 0.3) is 0 Å². The summed E-state index contributed by atoms with van der Waals surface area (Å²) >= 11 is 0. The zero-order chi connectivity index (χ0) is 13.7. The largest absolute Gasteiger partial charge is 0.478 e. The van der Waals surface area contributed by atoms with Gasteiger partial charge in [0.25, 0.3) is 0 Å². The van der Waals surface area contributed by atoms with Crippen molar-refractivity contribution in [3.63, 3.8) is 0 Å². The van der Waals surface area contributed by atoms with Crippen molar-refractivity contribution < 1.29 is 14.7 Å². The van der Waals surface area contributed by atoms with Crippen LogP contribution < -0.4 is 11.1 Å². The molecule has 1 aromatic rings. The van der Waals surface area contributed by atoms with Crippen molar-refractivity contribution in [3.05, 3.63) is 29.8 Å². The monoisotopic (exact) mass is 250 g/mol. The van der Waals surface area contributed by atoms with Gasteiger partial charge < -0.3 is 16.2 Å². The van der Waals surface area contributed by atoms with Crippen LogP contribution in [0.1, 0.15) is 24.2 Å². The Morgan fingerprint density at radius 3 is 2.56 bits per heavy atom. The average Bonchev–Trinajstić information content (AvgIpc) is 2.29. The smallest absolute Gasteiger partial charge is 0.335 e. The van der Waals surface area contributed by atoms with Gasteiger partial charge in [-0.05, 0) is 24.1 Å². The third kappa shape index (κ3) is 3.56. The van der Waals surface area contributed by atoms with E-state index in [1.54, 1.807) is 12.1 Å². The van der Waals surface area contributed by atoms with Gasteiger partial charge in [0.2, 0.25) is 5.91 Å². The van der Waals surface area contributed by atoms with E-state index in [1.807, 2.05) is 13.8 Å². The Morgan fingerprint density at radius 2 is 2.06 bits per heavy atom. The number of amides is 1. The molecule has 0 heterocycles. The van der Waals surface area contributed by atoms with Crippen molar-refractivity contribution in [1.29, 1.82) is 0 Å². The lowest BCUT2D eigenvalue weighted by molar-refractivity contribution is -0.120. The Morgan fingerprint density at radius 1 is 1.39 bits per heavy atom. The number of carboxylic acid groups (broad SMARTS) is 1. The maximum absolute atomic E-state index is 11.9. The number of benzene rings is 1. The number of carbonyl (C=O) groups excluding carboxylic acids is 1. The Labute approximate surface area is 106 Å². The molecule has 0 aliphatic rings. The van der Waals surface area contributed by atoms with Crippen molar-refractivity contribution in [1.82, 2.24) is 0 Å². The van der Waals surface area contributed by atoms with Crippen LogP contribution in [0.4, 0.5) is 5.69 Å². The Bertz CT molecular complexity index is 444. The van der Waals surface area contributed by atoms with E-state index in [1.165, 1.54) is 12.1 Å². The van der Waals surface area contributed by atoms with Crippen molar-refractivity contribution >= 4 is 17.6 Å². The topological polar surface area (TPSA) is 92.4 Å². The summed E-state index contributed by atoms with van der Waals surface area (Å²) in [5, 5.41) is 11.5. The fourth-order valence-corrected chi connectivity index (χ4v) is 1.65. The zero-order valence-electron chi connectivity index (χ0n) is 10.5. The van der Waals surface area contributed by atoms with E-state index < -0.39 is 5.97 Å². The Balaban J connectivity index is 2.81. The summed E-state index contributed by atoms with van der Waals surface area (Å²) in [6, 6.07) is 6.14. The number of carbonyl (C=O) groups is 2. The van der Waals surface area contributed by atoms with Gasteiger partial charge in [0.15, 0.2) is 0 Å². The van der Waals surface area contributed by atoms with E-state index in [-0.39, 0.29) is 29.9 Å². The van der Waals surface area contributed by atoms with Crippen molar-refractivity contribution in [2.24, 2.45) is 17.6 Å². The second kappa shape index (κ2) is 6.16. The average molecular weight is 250 g/mol. The van der Waals surface area contributed by atoms with Gasteiger partial charge in [-0.1, -0.05) is 19.9 Å². The van der Waals surface area contributed by atoms with Crippen LogP contribution in [-0.2, 0) is 4.79 Å². The van der Waals surface area contributed by atoms with E-state index in [0.717, 1.165) is 0 Å². The van der Waals surface area contributed by atoms with Crippen molar-refractivity contribution in [3.8, 4) is 0 Å². The molecule has 5 heteroatoms. The summed E-state index contributed by atoms with van der Waals surface area (Å²) in [5.41, 5.74) is 6.16. The van der Waals surface area contributed by atoms with E-state index in [9.17, 15) is 9.59 Å². The van der Waals surface area contributed by atoms with Gasteiger partial charge in [-0.15, -0.1) is 0 Å². The molecule has 0 aliphatic heterocycles. The Kier molecular flexibility index (Phi) is 4.85. The molecule has 0 saturated heterocycles. The lowest BCUT2D eigenvalue weighted by Gasteiger charge is -2.18. The number of nitrogens with two attached hydrogens (primary N) is 1. The zero-order valence-corrected chi connectivity index (χ0v) is 10.5. The van der Waals surface area contributed by atoms with E-state index in [0.29, 0.717) is 5.69 Å². The maximum atomic E-state index is 11.9. The minimum absolute atomic E-state index is 0.137. The second-order valence-electron chi connectivity index (χ2n) is 4.46. The number of nitrogens with one attached hydrogen (secondary N) is 1. The van der Waals surface area contributed by atoms with Gasteiger partial charge in [0, 0.05) is 12.2 Å². The number of hydrogen-bond donors (Lipinski definition) is 3. The first-order valence-corrected chi connectivity index (χ1v) is 5.80. The number of rotatable bonds is 5. The van der Waals surface area contributed by atoms with Gasteiger partial charge in [-0.3, -0.25) is 4.79 Å². The highest BCUT2D eigenvalue weighted by Crippen LogP contribution is 2.15. The summed E-state index contributed by atoms with van der Waals surface area (Å²) in [7, 11) is 0. The van der Waals surface area contributed by atoms with Gasteiger partial charge >= 0.3 is 5.97 Å². The lowest BCUT2D eigenvalue weighted by atomic mass is 9.95. The van der Waals surface area contributed by atoms with Crippen molar-refractivity contribution in [2.75, 3.05) is 11.9 Å². The number of aromatic carboxylic acids is 1. The SMILES string of the molecule is CC(C)C(CN)C(=O)Nc1cccc(C(=O)O)c1. The molecular formula is C13H18N2O3. The van der Waals surface area contributed by atoms with Crippen LogP contribution in [0.3, 0.4) is 0 Å². The highest BCUT2D eigenvalue weighted by Gasteiger charge is 2.20. The van der Waals surface area contributed by atoms with E-state index >= 15 is 0 Å². The van der Waals surface area contributed by atoms with Crippen molar-refractivity contribution in [2.45, 2.75) is 13.8 Å². The summed E-state index contributed by atoms with van der Waals surface area (Å²) in [5.74, 6) is -1.35. The number of hydrogen-bond acceptors (Lipinski definition) is 3. The van der Waals surface area contributed by atoms with Gasteiger partial charge in [-0.25, -0.2) is 4.79 Å². The summed E-state index contributed by atoms with van der Waals surface area (Å²) in [4.78, 5) is 22.7. The Hall–Kier alpha value is -1.88. The minimum Gasteiger partial charge on any atom is -0.478 e. The van der Waals surface area contributed by atoms with Gasteiger partial charge in [0.1, 0.15) is 0 Å². The molecule has 0 bridgehead atoms. The molecule has 1 aromatic carbocycles. The predicted molar refractivity (Wildman–Crippen MR) is 69.4 cm³/mol. The molecule has 1 atom stereocenters. The third-order valence-corrected chi connectivity index (χ3v) is 2.77. The molecule has 1 rings (SSSR count). The van der Waals surface area contributed by atoms with Crippen LogP contribution in [0.5, 0.6) is 0 Å². The van der Waals surface area contributed by atoms with Crippen LogP contribution >= 0.6 is 0 Å². The molecule has 0 fully saturated rings. The molecule has 1 unspecified atom stereocenters. The van der Waals surface area contributed by atoms with Crippen LogP contribution in [0.2, 0.25) is 0 Å². The minimum atomic E-state index is -1.02. The summed E-state index contributed by atoms with van der Waals surface area (Å²) < 4.78 is 0. The summed E-state index contributed by atoms with van der Waals surface area (Å²) in [6.45, 7) is 4.11. The van der Waals surface area contributed by atoms with E-state index in [4.69, 9.17) is 10.8 Å². The quantitative estimate of drug-likeness (QED) is 0.739. The van der Waals surface area contributed by atoms with E-state index in [2.05, 4.69) is 5.32 Å². The normalized spacial score (nSPS) is 12.2. The summed E-state index contributed by atoms with van der Waals surface area (Å²) in [6.07, 6.45) is 0. The standard InChI is InChI=1S/C13H18N2O3/c1-8(2)11(7-14)12(16)15-10-5-3-4-9(6-10)13(17)18/h3-6,8,11H,7,14H2,1-2H3,(H,15,16)(H,17,18). The molecule has 0 spiro atoms. The molecule has 4 N–H and O–H groups in total. The highest BCUT2D eigenvalue weighted by molar-refractivity contribution is 5.95. The van der Waals surface area contributed by atoms with Gasteiger partial charge in [0.05, 0.1) is 11.5 Å². The third-order valence-electron chi connectivity index (χ3n) is 2.77. The lowest BCUT2D eigenvalue weighted by Crippen LogP contribution is -2.33. The second-order valence-corrected chi connectivity index (χ2v) is 4.46. The molecule has 5 nitrogen and oxygen atoms in total. The molecule has 0 saturated carbocycles. The maximum Gasteiger partial charge on any atom is 0.335 e. The molecule has 98 valence electrons. The fourth-order valence-electron chi connectivity index (χ4n) is 1.65. The molecule has 0 aromatic heterocycles. The fraction of sp³-hybridized carbons (Fsp3) is 0.385. The van der Waals surface area contributed by atoms with Gasteiger partial charge in [-0.2, -0.15) is 0 Å². The molecule has 18 heavy (non-hydrogen) atoms.